The van der Waals surface area contributed by atoms with Gasteiger partial charge in [0, 0.05) is 39.2 Å². The first-order valence-corrected chi connectivity index (χ1v) is 9.27. The SMILES string of the molecule is CC(=O)NC(C)c1ccc(C2CN(c3ccnc(N(C)CC(F)F)n3)C2)cc1. The molecule has 1 aliphatic heterocycles. The van der Waals surface area contributed by atoms with Crippen LogP contribution in [0.1, 0.15) is 36.9 Å². The number of carbonyl (C=O) groups excluding carboxylic acids is 1. The van der Waals surface area contributed by atoms with Gasteiger partial charge in [0.15, 0.2) is 0 Å². The molecule has 0 spiro atoms. The van der Waals surface area contributed by atoms with Gasteiger partial charge < -0.3 is 15.1 Å². The molecule has 2 heterocycles. The van der Waals surface area contributed by atoms with Crippen molar-refractivity contribution in [2.75, 3.05) is 36.5 Å². The zero-order valence-electron chi connectivity index (χ0n) is 16.3. The van der Waals surface area contributed by atoms with Crippen LogP contribution in [0, 0.1) is 0 Å². The minimum atomic E-state index is -2.43. The summed E-state index contributed by atoms with van der Waals surface area (Å²) in [5.74, 6) is 1.40. The monoisotopic (exact) mass is 389 g/mol. The summed E-state index contributed by atoms with van der Waals surface area (Å²) in [6, 6.07) is 10.1. The molecule has 1 N–H and O–H groups in total. The normalized spacial score (nSPS) is 15.3. The molecule has 1 fully saturated rings. The molecule has 1 aromatic heterocycles. The van der Waals surface area contributed by atoms with Crippen LogP contribution in [0.4, 0.5) is 20.5 Å². The number of nitrogens with zero attached hydrogens (tertiary/aromatic N) is 4. The predicted molar refractivity (Wildman–Crippen MR) is 105 cm³/mol. The lowest BCUT2D eigenvalue weighted by Gasteiger charge is -2.40. The van der Waals surface area contributed by atoms with Crippen molar-refractivity contribution in [3.05, 3.63) is 47.7 Å². The highest BCUT2D eigenvalue weighted by atomic mass is 19.3. The number of rotatable bonds is 7. The molecule has 0 bridgehead atoms. The van der Waals surface area contributed by atoms with E-state index in [0.29, 0.717) is 11.9 Å². The summed E-state index contributed by atoms with van der Waals surface area (Å²) < 4.78 is 25.1. The van der Waals surface area contributed by atoms with Crippen LogP contribution in [-0.2, 0) is 4.79 Å². The Morgan fingerprint density at radius 2 is 1.96 bits per heavy atom. The Kier molecular flexibility index (Phi) is 6.06. The van der Waals surface area contributed by atoms with Crippen molar-refractivity contribution in [3.63, 3.8) is 0 Å². The number of amides is 1. The minimum absolute atomic E-state index is 0.0193. The van der Waals surface area contributed by atoms with E-state index < -0.39 is 13.0 Å². The number of anilines is 2. The van der Waals surface area contributed by atoms with Gasteiger partial charge in [-0.25, -0.2) is 13.8 Å². The molecule has 3 rings (SSSR count). The summed E-state index contributed by atoms with van der Waals surface area (Å²) in [4.78, 5) is 23.1. The van der Waals surface area contributed by atoms with Crippen LogP contribution >= 0.6 is 0 Å². The molecule has 1 atom stereocenters. The van der Waals surface area contributed by atoms with Gasteiger partial charge in [-0.15, -0.1) is 0 Å². The first kappa shape index (κ1) is 20.0. The molecule has 0 radical (unpaired) electrons. The highest BCUT2D eigenvalue weighted by Crippen LogP contribution is 2.31. The van der Waals surface area contributed by atoms with E-state index in [1.54, 1.807) is 19.3 Å². The number of nitrogens with one attached hydrogen (secondary N) is 1. The van der Waals surface area contributed by atoms with E-state index in [2.05, 4.69) is 32.3 Å². The molecular weight excluding hydrogens is 364 g/mol. The number of halogens is 2. The topological polar surface area (TPSA) is 61.4 Å². The summed E-state index contributed by atoms with van der Waals surface area (Å²) in [5, 5.41) is 2.88. The van der Waals surface area contributed by atoms with E-state index in [-0.39, 0.29) is 11.9 Å². The number of aromatic nitrogens is 2. The van der Waals surface area contributed by atoms with Crippen molar-refractivity contribution in [2.24, 2.45) is 0 Å². The lowest BCUT2D eigenvalue weighted by Crippen LogP contribution is -2.45. The number of alkyl halides is 2. The Balaban J connectivity index is 1.59. The molecule has 2 aromatic rings. The van der Waals surface area contributed by atoms with E-state index in [1.807, 2.05) is 19.1 Å². The predicted octanol–water partition coefficient (Wildman–Crippen LogP) is 2.98. The molecule has 1 unspecified atom stereocenters. The fourth-order valence-electron chi connectivity index (χ4n) is 3.31. The van der Waals surface area contributed by atoms with E-state index in [4.69, 9.17) is 0 Å². The van der Waals surface area contributed by atoms with Gasteiger partial charge in [-0.2, -0.15) is 4.98 Å². The fraction of sp³-hybridized carbons (Fsp3) is 0.450. The van der Waals surface area contributed by atoms with Crippen molar-refractivity contribution in [1.82, 2.24) is 15.3 Å². The Morgan fingerprint density at radius 3 is 2.57 bits per heavy atom. The van der Waals surface area contributed by atoms with Crippen LogP contribution in [-0.4, -0.2) is 49.0 Å². The number of carbonyl (C=O) groups is 1. The highest BCUT2D eigenvalue weighted by Gasteiger charge is 2.29. The van der Waals surface area contributed by atoms with Gasteiger partial charge in [0.2, 0.25) is 11.9 Å². The average Bonchev–Trinajstić information content (AvgIpc) is 2.60. The summed E-state index contributed by atoms with van der Waals surface area (Å²) in [6.07, 6.45) is -0.826. The van der Waals surface area contributed by atoms with Crippen molar-refractivity contribution < 1.29 is 13.6 Å². The summed E-state index contributed by atoms with van der Waals surface area (Å²) in [6.45, 7) is 4.71. The minimum Gasteiger partial charge on any atom is -0.355 e. The standard InChI is InChI=1S/C20H25F2N5O/c1-13(24-14(2)28)15-4-6-16(7-5-15)17-10-27(11-17)19-8-9-23-20(25-19)26(3)12-18(21)22/h4-9,13,17-18H,10-12H2,1-3H3,(H,24,28). The first-order chi connectivity index (χ1) is 13.3. The van der Waals surface area contributed by atoms with Gasteiger partial charge in [0.05, 0.1) is 12.6 Å². The third kappa shape index (κ3) is 4.74. The van der Waals surface area contributed by atoms with Gasteiger partial charge >= 0.3 is 0 Å². The van der Waals surface area contributed by atoms with Crippen molar-refractivity contribution in [1.29, 1.82) is 0 Å². The Hall–Kier alpha value is -2.77. The smallest absolute Gasteiger partial charge is 0.255 e. The molecule has 28 heavy (non-hydrogen) atoms. The molecule has 0 aliphatic carbocycles. The first-order valence-electron chi connectivity index (χ1n) is 9.27. The largest absolute Gasteiger partial charge is 0.355 e. The molecule has 150 valence electrons. The number of hydrogen-bond acceptors (Lipinski definition) is 5. The second kappa shape index (κ2) is 8.50. The average molecular weight is 389 g/mol. The fourth-order valence-corrected chi connectivity index (χ4v) is 3.31. The highest BCUT2D eigenvalue weighted by molar-refractivity contribution is 5.73. The van der Waals surface area contributed by atoms with Crippen LogP contribution in [0.5, 0.6) is 0 Å². The number of benzene rings is 1. The molecule has 0 saturated carbocycles. The third-order valence-corrected chi connectivity index (χ3v) is 4.91. The zero-order chi connectivity index (χ0) is 20.3. The maximum absolute atomic E-state index is 12.6. The van der Waals surface area contributed by atoms with Crippen LogP contribution in [0.3, 0.4) is 0 Å². The van der Waals surface area contributed by atoms with Gasteiger partial charge in [0.1, 0.15) is 5.82 Å². The maximum Gasteiger partial charge on any atom is 0.255 e. The van der Waals surface area contributed by atoms with E-state index >= 15 is 0 Å². The van der Waals surface area contributed by atoms with Crippen LogP contribution in [0.25, 0.3) is 0 Å². The van der Waals surface area contributed by atoms with E-state index in [1.165, 1.54) is 17.4 Å². The van der Waals surface area contributed by atoms with Crippen molar-refractivity contribution in [3.8, 4) is 0 Å². The Morgan fingerprint density at radius 1 is 1.29 bits per heavy atom. The molecule has 1 saturated heterocycles. The second-order valence-corrected chi connectivity index (χ2v) is 7.18. The molecular formula is C20H25F2N5O. The maximum atomic E-state index is 12.6. The summed E-state index contributed by atoms with van der Waals surface area (Å²) in [5.41, 5.74) is 2.30. The summed E-state index contributed by atoms with van der Waals surface area (Å²) in [7, 11) is 1.56. The van der Waals surface area contributed by atoms with E-state index in [9.17, 15) is 13.6 Å². The molecule has 1 aliphatic rings. The zero-order valence-corrected chi connectivity index (χ0v) is 16.3. The molecule has 8 heteroatoms. The third-order valence-electron chi connectivity index (χ3n) is 4.91. The Bertz CT molecular complexity index is 808. The van der Waals surface area contributed by atoms with Crippen LogP contribution < -0.4 is 15.1 Å². The molecule has 1 aromatic carbocycles. The molecule has 1 amide bonds. The van der Waals surface area contributed by atoms with Gasteiger partial charge in [-0.3, -0.25) is 4.79 Å². The van der Waals surface area contributed by atoms with Gasteiger partial charge in [-0.1, -0.05) is 24.3 Å². The quantitative estimate of drug-likeness (QED) is 0.789. The van der Waals surface area contributed by atoms with Gasteiger partial charge in [0.25, 0.3) is 6.43 Å². The number of hydrogen-bond donors (Lipinski definition) is 1. The lowest BCUT2D eigenvalue weighted by molar-refractivity contribution is -0.119. The van der Waals surface area contributed by atoms with Crippen LogP contribution in [0.15, 0.2) is 36.5 Å². The van der Waals surface area contributed by atoms with Crippen LogP contribution in [0.2, 0.25) is 0 Å². The van der Waals surface area contributed by atoms with Crippen molar-refractivity contribution >= 4 is 17.7 Å². The van der Waals surface area contributed by atoms with Gasteiger partial charge in [-0.05, 0) is 24.1 Å². The Labute approximate surface area is 163 Å². The van der Waals surface area contributed by atoms with Crippen molar-refractivity contribution in [2.45, 2.75) is 32.2 Å². The van der Waals surface area contributed by atoms with E-state index in [0.717, 1.165) is 24.5 Å². The molecule has 6 nitrogen and oxygen atoms in total. The second-order valence-electron chi connectivity index (χ2n) is 7.18. The lowest BCUT2D eigenvalue weighted by atomic mass is 9.90. The summed E-state index contributed by atoms with van der Waals surface area (Å²) >= 11 is 0.